The van der Waals surface area contributed by atoms with E-state index in [0.717, 1.165) is 51.4 Å². The molecule has 0 radical (unpaired) electrons. The standard InChI is InChI=1S/C23H23N5O/c1-13-9-21(28-22-12-25-19(11-27-22)14-3-4-14)26-10-17(13)15-5-7-18(24-2)23-16(15)6-8-20(23)29/h5,7,9-12,14,24H,3-4,6,8H2,1-2H3,(H,26,27,28). The van der Waals surface area contributed by atoms with Crippen molar-refractivity contribution in [3.63, 3.8) is 0 Å². The van der Waals surface area contributed by atoms with Gasteiger partial charge in [-0.15, -0.1) is 0 Å². The number of ketones is 1. The van der Waals surface area contributed by atoms with Crippen LogP contribution in [0.15, 0.2) is 36.8 Å². The third kappa shape index (κ3) is 3.24. The summed E-state index contributed by atoms with van der Waals surface area (Å²) in [7, 11) is 1.86. The van der Waals surface area contributed by atoms with Crippen LogP contribution in [0, 0.1) is 6.92 Å². The van der Waals surface area contributed by atoms with Gasteiger partial charge >= 0.3 is 0 Å². The lowest BCUT2D eigenvalue weighted by Gasteiger charge is -2.15. The number of hydrogen-bond acceptors (Lipinski definition) is 6. The Morgan fingerprint density at radius 2 is 1.79 bits per heavy atom. The molecule has 1 saturated carbocycles. The zero-order valence-electron chi connectivity index (χ0n) is 16.6. The molecule has 0 aliphatic heterocycles. The van der Waals surface area contributed by atoms with Gasteiger partial charge in [-0.25, -0.2) is 9.97 Å². The second kappa shape index (κ2) is 6.95. The third-order valence-corrected chi connectivity index (χ3v) is 5.79. The molecule has 29 heavy (non-hydrogen) atoms. The van der Waals surface area contributed by atoms with Crippen LogP contribution >= 0.6 is 0 Å². The summed E-state index contributed by atoms with van der Waals surface area (Å²) in [5.74, 6) is 2.24. The highest BCUT2D eigenvalue weighted by Gasteiger charge is 2.27. The van der Waals surface area contributed by atoms with Crippen molar-refractivity contribution in [2.75, 3.05) is 17.7 Å². The average Bonchev–Trinajstić information content (AvgIpc) is 3.51. The van der Waals surface area contributed by atoms with Crippen molar-refractivity contribution in [1.29, 1.82) is 0 Å². The Morgan fingerprint density at radius 3 is 2.48 bits per heavy atom. The highest BCUT2D eigenvalue weighted by atomic mass is 16.1. The Hall–Kier alpha value is -3.28. The van der Waals surface area contributed by atoms with Crippen molar-refractivity contribution in [2.24, 2.45) is 0 Å². The number of carbonyl (C=O) groups is 1. The van der Waals surface area contributed by atoms with Crippen molar-refractivity contribution in [3.8, 4) is 11.1 Å². The van der Waals surface area contributed by atoms with Crippen molar-refractivity contribution < 1.29 is 4.79 Å². The van der Waals surface area contributed by atoms with Crippen LogP contribution in [0.25, 0.3) is 11.1 Å². The zero-order chi connectivity index (χ0) is 20.0. The maximum atomic E-state index is 12.4. The third-order valence-electron chi connectivity index (χ3n) is 5.79. The summed E-state index contributed by atoms with van der Waals surface area (Å²) in [4.78, 5) is 25.9. The molecule has 2 heterocycles. The molecule has 2 aliphatic rings. The van der Waals surface area contributed by atoms with E-state index >= 15 is 0 Å². The van der Waals surface area contributed by atoms with Crippen molar-refractivity contribution >= 4 is 23.1 Å². The van der Waals surface area contributed by atoms with Gasteiger partial charge < -0.3 is 10.6 Å². The minimum atomic E-state index is 0.211. The largest absolute Gasteiger partial charge is 0.388 e. The Morgan fingerprint density at radius 1 is 0.966 bits per heavy atom. The molecule has 2 aromatic heterocycles. The number of hydrogen-bond donors (Lipinski definition) is 2. The molecule has 0 spiro atoms. The van der Waals surface area contributed by atoms with Gasteiger partial charge in [0.15, 0.2) is 5.78 Å². The summed E-state index contributed by atoms with van der Waals surface area (Å²) >= 11 is 0. The molecule has 1 aromatic carbocycles. The highest BCUT2D eigenvalue weighted by molar-refractivity contribution is 6.07. The Kier molecular flexibility index (Phi) is 4.27. The number of pyridine rings is 1. The monoisotopic (exact) mass is 385 g/mol. The second-order valence-corrected chi connectivity index (χ2v) is 7.80. The average molecular weight is 385 g/mol. The Labute approximate surface area is 169 Å². The lowest BCUT2D eigenvalue weighted by Crippen LogP contribution is -2.02. The minimum Gasteiger partial charge on any atom is -0.388 e. The van der Waals surface area contributed by atoms with E-state index in [2.05, 4.69) is 38.6 Å². The second-order valence-electron chi connectivity index (χ2n) is 7.80. The van der Waals surface area contributed by atoms with Gasteiger partial charge in [0.1, 0.15) is 11.6 Å². The van der Waals surface area contributed by atoms with Crippen LogP contribution in [0.5, 0.6) is 0 Å². The molecule has 2 aliphatic carbocycles. The first-order valence-corrected chi connectivity index (χ1v) is 10.1. The van der Waals surface area contributed by atoms with E-state index in [4.69, 9.17) is 0 Å². The molecule has 0 saturated heterocycles. The van der Waals surface area contributed by atoms with E-state index in [0.29, 0.717) is 18.2 Å². The molecule has 1 fully saturated rings. The number of benzene rings is 1. The van der Waals surface area contributed by atoms with Crippen molar-refractivity contribution in [1.82, 2.24) is 15.0 Å². The summed E-state index contributed by atoms with van der Waals surface area (Å²) in [5.41, 5.74) is 7.18. The minimum absolute atomic E-state index is 0.211. The van der Waals surface area contributed by atoms with Gasteiger partial charge in [-0.1, -0.05) is 6.07 Å². The number of nitrogens with one attached hydrogen (secondary N) is 2. The Bertz CT molecular complexity index is 1100. The molecule has 0 unspecified atom stereocenters. The van der Waals surface area contributed by atoms with Gasteiger partial charge in [-0.3, -0.25) is 9.78 Å². The summed E-state index contributed by atoms with van der Waals surface area (Å²) in [6.45, 7) is 2.07. The molecule has 0 atom stereocenters. The van der Waals surface area contributed by atoms with Crippen LogP contribution in [-0.2, 0) is 6.42 Å². The molecule has 3 aromatic rings. The highest BCUT2D eigenvalue weighted by Crippen LogP contribution is 2.39. The molecular formula is C23H23N5O. The van der Waals surface area contributed by atoms with Gasteiger partial charge in [0.25, 0.3) is 0 Å². The van der Waals surface area contributed by atoms with E-state index in [9.17, 15) is 4.79 Å². The van der Waals surface area contributed by atoms with Gasteiger partial charge in [0.2, 0.25) is 0 Å². The number of nitrogens with zero attached hydrogens (tertiary/aromatic N) is 3. The number of aryl methyl sites for hydroxylation is 1. The first-order valence-electron chi connectivity index (χ1n) is 10.1. The topological polar surface area (TPSA) is 79.8 Å². The number of anilines is 3. The zero-order valence-corrected chi connectivity index (χ0v) is 16.6. The molecule has 5 rings (SSSR count). The molecule has 2 N–H and O–H groups in total. The van der Waals surface area contributed by atoms with Gasteiger partial charge in [-0.2, -0.15) is 0 Å². The Balaban J connectivity index is 1.44. The number of carbonyl (C=O) groups excluding carboxylic acids is 1. The molecule has 0 amide bonds. The van der Waals surface area contributed by atoms with E-state index in [1.54, 1.807) is 6.20 Å². The molecule has 6 heteroatoms. The van der Waals surface area contributed by atoms with E-state index in [-0.39, 0.29) is 5.78 Å². The molecule has 6 nitrogen and oxygen atoms in total. The number of fused-ring (bicyclic) bond motifs is 1. The predicted molar refractivity (Wildman–Crippen MR) is 114 cm³/mol. The van der Waals surface area contributed by atoms with Crippen molar-refractivity contribution in [2.45, 2.75) is 38.5 Å². The first-order chi connectivity index (χ1) is 14.1. The number of Topliss-reactive ketones (excluding diaryl/α,β-unsaturated/α-hetero) is 1. The number of rotatable bonds is 5. The van der Waals surface area contributed by atoms with Crippen LogP contribution in [0.3, 0.4) is 0 Å². The van der Waals surface area contributed by atoms with E-state index in [1.807, 2.05) is 31.6 Å². The quantitative estimate of drug-likeness (QED) is 0.666. The summed E-state index contributed by atoms with van der Waals surface area (Å²) in [6, 6.07) is 6.09. The van der Waals surface area contributed by atoms with Gasteiger partial charge in [-0.05, 0) is 55.0 Å². The van der Waals surface area contributed by atoms with Gasteiger partial charge in [0, 0.05) is 42.4 Å². The van der Waals surface area contributed by atoms with E-state index in [1.165, 1.54) is 12.8 Å². The van der Waals surface area contributed by atoms with Crippen LogP contribution in [-0.4, -0.2) is 27.8 Å². The first kappa shape index (κ1) is 17.8. The van der Waals surface area contributed by atoms with E-state index < -0.39 is 0 Å². The van der Waals surface area contributed by atoms with Crippen LogP contribution in [0.2, 0.25) is 0 Å². The van der Waals surface area contributed by atoms with Crippen LogP contribution < -0.4 is 10.6 Å². The number of aromatic nitrogens is 3. The van der Waals surface area contributed by atoms with Crippen LogP contribution in [0.1, 0.15) is 52.4 Å². The maximum absolute atomic E-state index is 12.4. The predicted octanol–water partition coefficient (Wildman–Crippen LogP) is 4.64. The summed E-state index contributed by atoms with van der Waals surface area (Å²) < 4.78 is 0. The fraction of sp³-hybridized carbons (Fsp3) is 0.304. The fourth-order valence-corrected chi connectivity index (χ4v) is 4.08. The summed E-state index contributed by atoms with van der Waals surface area (Å²) in [5, 5.41) is 6.38. The lowest BCUT2D eigenvalue weighted by molar-refractivity contribution is 0.0995. The normalized spacial score (nSPS) is 15.3. The molecule has 0 bridgehead atoms. The van der Waals surface area contributed by atoms with Gasteiger partial charge in [0.05, 0.1) is 18.1 Å². The SMILES string of the molecule is CNc1ccc(-c2cnc(Nc3cnc(C4CC4)cn3)cc2C)c2c1C(=O)CC2. The molecular weight excluding hydrogens is 362 g/mol. The van der Waals surface area contributed by atoms with Crippen LogP contribution in [0.4, 0.5) is 17.3 Å². The maximum Gasteiger partial charge on any atom is 0.165 e. The smallest absolute Gasteiger partial charge is 0.165 e. The lowest BCUT2D eigenvalue weighted by atomic mass is 9.94. The summed E-state index contributed by atoms with van der Waals surface area (Å²) in [6.07, 6.45) is 9.28. The fourth-order valence-electron chi connectivity index (χ4n) is 4.08. The molecule has 146 valence electrons. The van der Waals surface area contributed by atoms with Crippen molar-refractivity contribution in [3.05, 3.63) is 59.2 Å².